The van der Waals surface area contributed by atoms with Crippen molar-refractivity contribution in [1.82, 2.24) is 9.97 Å². The fourth-order valence-corrected chi connectivity index (χ4v) is 1.26. The smallest absolute Gasteiger partial charge is 0.134 e. The summed E-state index contributed by atoms with van der Waals surface area (Å²) in [4.78, 5) is 7.97. The molecule has 0 radical (unpaired) electrons. The molecule has 0 unspecified atom stereocenters. The first-order valence-electron chi connectivity index (χ1n) is 3.61. The van der Waals surface area contributed by atoms with Gasteiger partial charge in [0.15, 0.2) is 0 Å². The van der Waals surface area contributed by atoms with Crippen molar-refractivity contribution in [3.05, 3.63) is 22.2 Å². The molecule has 0 aliphatic heterocycles. The molecule has 3 nitrogen and oxygen atoms in total. The molecule has 0 atom stereocenters. The van der Waals surface area contributed by atoms with E-state index in [2.05, 4.69) is 9.97 Å². The zero-order valence-electron chi connectivity index (χ0n) is 6.43. The summed E-state index contributed by atoms with van der Waals surface area (Å²) in [6.45, 7) is 0.619. The average molecular weight is 206 g/mol. The van der Waals surface area contributed by atoms with Crippen LogP contribution in [-0.2, 0) is 6.42 Å². The van der Waals surface area contributed by atoms with E-state index in [1.165, 1.54) is 6.07 Å². The topological polar surface area (TPSA) is 51.8 Å². The van der Waals surface area contributed by atoms with Gasteiger partial charge in [0.1, 0.15) is 16.1 Å². The minimum absolute atomic E-state index is 0.377. The van der Waals surface area contributed by atoms with E-state index < -0.39 is 0 Å². The molecule has 0 aliphatic carbocycles. The highest BCUT2D eigenvalue weighted by Gasteiger charge is 2.00. The maximum atomic E-state index is 5.66. The summed E-state index contributed by atoms with van der Waals surface area (Å²) in [5.41, 5.74) is 5.33. The van der Waals surface area contributed by atoms with Crippen molar-refractivity contribution in [2.45, 2.75) is 12.8 Å². The van der Waals surface area contributed by atoms with Gasteiger partial charge >= 0.3 is 0 Å². The Labute approximate surface area is 80.9 Å². The third-order valence-corrected chi connectivity index (χ3v) is 1.70. The van der Waals surface area contributed by atoms with Crippen molar-refractivity contribution in [2.24, 2.45) is 5.73 Å². The van der Waals surface area contributed by atoms with Crippen LogP contribution in [0.1, 0.15) is 12.2 Å². The van der Waals surface area contributed by atoms with Crippen LogP contribution in [0, 0.1) is 0 Å². The molecule has 1 heterocycles. The molecule has 0 aliphatic rings. The SMILES string of the molecule is NCCCc1nc(Cl)cc(Cl)n1. The van der Waals surface area contributed by atoms with Crippen molar-refractivity contribution in [1.29, 1.82) is 0 Å². The molecule has 0 fully saturated rings. The minimum Gasteiger partial charge on any atom is -0.330 e. The van der Waals surface area contributed by atoms with Crippen LogP contribution in [0.15, 0.2) is 6.07 Å². The highest BCUT2D eigenvalue weighted by molar-refractivity contribution is 6.33. The summed E-state index contributed by atoms with van der Waals surface area (Å²) in [6.07, 6.45) is 1.56. The molecular weight excluding hydrogens is 197 g/mol. The van der Waals surface area contributed by atoms with E-state index in [9.17, 15) is 0 Å². The van der Waals surface area contributed by atoms with Gasteiger partial charge < -0.3 is 5.73 Å². The van der Waals surface area contributed by atoms with Gasteiger partial charge in [-0.25, -0.2) is 9.97 Å². The third-order valence-electron chi connectivity index (χ3n) is 1.31. The predicted octanol–water partition coefficient (Wildman–Crippen LogP) is 1.67. The molecule has 66 valence electrons. The van der Waals surface area contributed by atoms with Gasteiger partial charge in [-0.3, -0.25) is 0 Å². The van der Waals surface area contributed by atoms with Crippen LogP contribution in [0.25, 0.3) is 0 Å². The summed E-state index contributed by atoms with van der Waals surface area (Å²) in [5.74, 6) is 0.651. The van der Waals surface area contributed by atoms with Crippen LogP contribution in [0.5, 0.6) is 0 Å². The van der Waals surface area contributed by atoms with Gasteiger partial charge in [0.25, 0.3) is 0 Å². The third kappa shape index (κ3) is 2.93. The van der Waals surface area contributed by atoms with Gasteiger partial charge in [-0.2, -0.15) is 0 Å². The molecule has 0 spiro atoms. The highest BCUT2D eigenvalue weighted by atomic mass is 35.5. The van der Waals surface area contributed by atoms with Gasteiger partial charge in [0.2, 0.25) is 0 Å². The average Bonchev–Trinajstić information content (AvgIpc) is 1.99. The Kier molecular flexibility index (Phi) is 3.72. The molecule has 0 saturated carbocycles. The molecule has 2 N–H and O–H groups in total. The van der Waals surface area contributed by atoms with Crippen molar-refractivity contribution in [3.63, 3.8) is 0 Å². The number of halogens is 2. The van der Waals surface area contributed by atoms with Crippen LogP contribution >= 0.6 is 23.2 Å². The van der Waals surface area contributed by atoms with E-state index in [1.54, 1.807) is 0 Å². The zero-order chi connectivity index (χ0) is 8.97. The molecule has 0 amide bonds. The van der Waals surface area contributed by atoms with E-state index in [1.807, 2.05) is 0 Å². The lowest BCUT2D eigenvalue weighted by atomic mass is 10.3. The maximum Gasteiger partial charge on any atom is 0.134 e. The normalized spacial score (nSPS) is 10.2. The van der Waals surface area contributed by atoms with E-state index in [4.69, 9.17) is 28.9 Å². The van der Waals surface area contributed by atoms with E-state index in [-0.39, 0.29) is 0 Å². The number of aromatic nitrogens is 2. The monoisotopic (exact) mass is 205 g/mol. The number of aryl methyl sites for hydroxylation is 1. The van der Waals surface area contributed by atoms with Crippen molar-refractivity contribution < 1.29 is 0 Å². The Morgan fingerprint density at radius 2 is 1.83 bits per heavy atom. The fraction of sp³-hybridized carbons (Fsp3) is 0.429. The van der Waals surface area contributed by atoms with Crippen LogP contribution in [0.2, 0.25) is 10.3 Å². The molecule has 0 aromatic carbocycles. The van der Waals surface area contributed by atoms with Gasteiger partial charge in [-0.1, -0.05) is 23.2 Å². The lowest BCUT2D eigenvalue weighted by molar-refractivity contribution is 0.781. The Morgan fingerprint density at radius 1 is 1.25 bits per heavy atom. The van der Waals surface area contributed by atoms with Crippen LogP contribution in [0.4, 0.5) is 0 Å². The van der Waals surface area contributed by atoms with Gasteiger partial charge in [0.05, 0.1) is 0 Å². The predicted molar refractivity (Wildman–Crippen MR) is 49.4 cm³/mol. The van der Waals surface area contributed by atoms with Gasteiger partial charge in [0, 0.05) is 12.5 Å². The number of hydrogen-bond donors (Lipinski definition) is 1. The summed E-state index contributed by atoms with van der Waals surface area (Å²) < 4.78 is 0. The van der Waals surface area contributed by atoms with Crippen molar-refractivity contribution in [3.8, 4) is 0 Å². The zero-order valence-corrected chi connectivity index (χ0v) is 7.94. The standard InChI is InChI=1S/C7H9Cl2N3/c8-5-4-6(9)12-7(11-5)2-1-3-10/h4H,1-3,10H2. The van der Waals surface area contributed by atoms with E-state index in [0.717, 1.165) is 12.8 Å². The molecule has 0 bridgehead atoms. The Hall–Kier alpha value is -0.380. The quantitative estimate of drug-likeness (QED) is 0.765. The second-order valence-corrected chi connectivity index (χ2v) is 3.10. The van der Waals surface area contributed by atoms with E-state index in [0.29, 0.717) is 22.7 Å². The van der Waals surface area contributed by atoms with Gasteiger partial charge in [-0.05, 0) is 13.0 Å². The molecule has 0 saturated heterocycles. The lowest BCUT2D eigenvalue weighted by Crippen LogP contribution is -2.03. The first-order chi connectivity index (χ1) is 5.72. The second kappa shape index (κ2) is 4.60. The maximum absolute atomic E-state index is 5.66. The molecule has 5 heteroatoms. The Bertz CT molecular complexity index is 245. The first-order valence-corrected chi connectivity index (χ1v) is 4.37. The Balaban J connectivity index is 2.72. The van der Waals surface area contributed by atoms with Crippen LogP contribution < -0.4 is 5.73 Å². The first kappa shape index (κ1) is 9.71. The Morgan fingerprint density at radius 3 is 2.33 bits per heavy atom. The number of nitrogens with zero attached hydrogens (tertiary/aromatic N) is 2. The largest absolute Gasteiger partial charge is 0.330 e. The molecule has 12 heavy (non-hydrogen) atoms. The van der Waals surface area contributed by atoms with Crippen LogP contribution in [0.3, 0.4) is 0 Å². The highest BCUT2D eigenvalue weighted by Crippen LogP contribution is 2.12. The summed E-state index contributed by atoms with van der Waals surface area (Å²) in [6, 6.07) is 1.51. The summed E-state index contributed by atoms with van der Waals surface area (Å²) >= 11 is 11.3. The molecule has 1 aromatic heterocycles. The van der Waals surface area contributed by atoms with Crippen molar-refractivity contribution >= 4 is 23.2 Å². The fourth-order valence-electron chi connectivity index (χ4n) is 0.806. The van der Waals surface area contributed by atoms with Crippen molar-refractivity contribution in [2.75, 3.05) is 6.54 Å². The molecule has 1 aromatic rings. The van der Waals surface area contributed by atoms with E-state index >= 15 is 0 Å². The number of hydrogen-bond acceptors (Lipinski definition) is 3. The van der Waals surface area contributed by atoms with Crippen LogP contribution in [-0.4, -0.2) is 16.5 Å². The molecule has 1 rings (SSSR count). The minimum atomic E-state index is 0.377. The lowest BCUT2D eigenvalue weighted by Gasteiger charge is -1.98. The van der Waals surface area contributed by atoms with Gasteiger partial charge in [-0.15, -0.1) is 0 Å². The number of nitrogens with two attached hydrogens (primary N) is 1. The second-order valence-electron chi connectivity index (χ2n) is 2.32. The summed E-state index contributed by atoms with van der Waals surface area (Å²) in [5, 5.41) is 0.754. The number of rotatable bonds is 3. The summed E-state index contributed by atoms with van der Waals surface area (Å²) in [7, 11) is 0. The molecular formula is C7H9Cl2N3.